The van der Waals surface area contributed by atoms with Crippen LogP contribution in [-0.2, 0) is 0 Å². The summed E-state index contributed by atoms with van der Waals surface area (Å²) in [6.45, 7) is 0. The van der Waals surface area contributed by atoms with Gasteiger partial charge in [0.1, 0.15) is 5.15 Å². The van der Waals surface area contributed by atoms with Crippen LogP contribution in [0.2, 0.25) is 5.15 Å². The zero-order chi connectivity index (χ0) is 6.85. The zero-order valence-electron chi connectivity index (χ0n) is 4.34. The molecule has 0 aromatic carbocycles. The summed E-state index contributed by atoms with van der Waals surface area (Å²) in [6.07, 6.45) is 1.40. The molecule has 0 bridgehead atoms. The molecule has 0 spiro atoms. The number of halogens is 2. The van der Waals surface area contributed by atoms with Crippen molar-refractivity contribution in [3.63, 3.8) is 0 Å². The van der Waals surface area contributed by atoms with Gasteiger partial charge in [0.15, 0.2) is 5.43 Å². The van der Waals surface area contributed by atoms with Crippen LogP contribution in [0.25, 0.3) is 0 Å². The van der Waals surface area contributed by atoms with Gasteiger partial charge >= 0.3 is 0 Å². The van der Waals surface area contributed by atoms with Crippen LogP contribution in [0.3, 0.4) is 0 Å². The lowest BCUT2D eigenvalue weighted by atomic mass is 10.5. The van der Waals surface area contributed by atoms with Gasteiger partial charge < -0.3 is 0 Å². The molecule has 1 aromatic heterocycles. The van der Waals surface area contributed by atoms with Crippen molar-refractivity contribution >= 4 is 23.4 Å². The minimum atomic E-state index is -0.142. The van der Waals surface area contributed by atoms with E-state index >= 15 is 0 Å². The summed E-state index contributed by atoms with van der Waals surface area (Å²) < 4.78 is 1.14. The third-order valence-corrected chi connectivity index (χ3v) is 1.51. The van der Waals surface area contributed by atoms with E-state index in [4.69, 9.17) is 23.4 Å². The molecule has 0 aliphatic rings. The highest BCUT2D eigenvalue weighted by atomic mass is 35.5. The first-order chi connectivity index (χ1) is 4.20. The Balaban J connectivity index is 3.34. The van der Waals surface area contributed by atoms with Crippen molar-refractivity contribution in [1.82, 2.24) is 4.09 Å². The van der Waals surface area contributed by atoms with Gasteiger partial charge in [0.2, 0.25) is 0 Å². The fourth-order valence-electron chi connectivity index (χ4n) is 0.437. The zero-order valence-corrected chi connectivity index (χ0v) is 5.86. The van der Waals surface area contributed by atoms with Crippen LogP contribution in [0.4, 0.5) is 0 Å². The van der Waals surface area contributed by atoms with Gasteiger partial charge in [-0.1, -0.05) is 11.6 Å². The molecule has 0 aliphatic carbocycles. The summed E-state index contributed by atoms with van der Waals surface area (Å²) in [5.41, 5.74) is -0.142. The van der Waals surface area contributed by atoms with Crippen LogP contribution in [0.1, 0.15) is 0 Å². The maximum Gasteiger partial charge on any atom is 0.183 e. The second kappa shape index (κ2) is 2.42. The van der Waals surface area contributed by atoms with E-state index in [1.807, 2.05) is 0 Å². The van der Waals surface area contributed by atoms with Crippen molar-refractivity contribution in [2.45, 2.75) is 0 Å². The number of hydrogen-bond donors (Lipinski definition) is 0. The van der Waals surface area contributed by atoms with Crippen LogP contribution in [0.15, 0.2) is 23.1 Å². The van der Waals surface area contributed by atoms with E-state index in [1.165, 1.54) is 18.3 Å². The molecule has 0 saturated carbocycles. The highest BCUT2D eigenvalue weighted by Crippen LogP contribution is 2.04. The van der Waals surface area contributed by atoms with Crippen LogP contribution in [0, 0.1) is 0 Å². The molecular weight excluding hydrogens is 161 g/mol. The lowest BCUT2D eigenvalue weighted by Crippen LogP contribution is -1.98. The molecule has 0 atom stereocenters. The second-order valence-electron chi connectivity index (χ2n) is 1.50. The predicted molar refractivity (Wildman–Crippen MR) is 37.0 cm³/mol. The molecule has 0 saturated heterocycles. The number of aromatic nitrogens is 1. The Hall–Kier alpha value is -0.470. The Morgan fingerprint density at radius 3 is 2.67 bits per heavy atom. The Bertz CT molecular complexity index is 268. The van der Waals surface area contributed by atoms with Crippen molar-refractivity contribution in [1.29, 1.82) is 0 Å². The van der Waals surface area contributed by atoms with Crippen molar-refractivity contribution in [3.8, 4) is 0 Å². The standard InChI is InChI=1S/C5H3Cl2NO/c6-5-3-4(9)1-2-8(5)7/h1-3H. The van der Waals surface area contributed by atoms with Gasteiger partial charge in [0.25, 0.3) is 0 Å². The van der Waals surface area contributed by atoms with Crippen LogP contribution in [-0.4, -0.2) is 4.09 Å². The summed E-state index contributed by atoms with van der Waals surface area (Å²) in [4.78, 5) is 10.5. The summed E-state index contributed by atoms with van der Waals surface area (Å²) in [5, 5.41) is 0.226. The first kappa shape index (κ1) is 6.65. The normalized spacial score (nSPS) is 9.56. The summed E-state index contributed by atoms with van der Waals surface area (Å²) in [7, 11) is 0. The third-order valence-electron chi connectivity index (χ3n) is 0.835. The van der Waals surface area contributed by atoms with Crippen LogP contribution < -0.4 is 5.43 Å². The van der Waals surface area contributed by atoms with Crippen LogP contribution >= 0.6 is 23.4 Å². The Morgan fingerprint density at radius 2 is 2.22 bits per heavy atom. The van der Waals surface area contributed by atoms with Gasteiger partial charge in [0, 0.05) is 30.1 Å². The predicted octanol–water partition coefficient (Wildman–Crippen LogP) is 1.50. The van der Waals surface area contributed by atoms with Crippen molar-refractivity contribution in [2.24, 2.45) is 0 Å². The number of hydrogen-bond acceptors (Lipinski definition) is 1. The van der Waals surface area contributed by atoms with E-state index in [-0.39, 0.29) is 10.6 Å². The van der Waals surface area contributed by atoms with E-state index in [2.05, 4.69) is 0 Å². The Labute approximate surface area is 61.7 Å². The van der Waals surface area contributed by atoms with E-state index in [0.717, 1.165) is 4.09 Å². The summed E-state index contributed by atoms with van der Waals surface area (Å²) in [5.74, 6) is 0. The topological polar surface area (TPSA) is 22.0 Å². The highest BCUT2D eigenvalue weighted by molar-refractivity contribution is 6.32. The average molecular weight is 164 g/mol. The van der Waals surface area contributed by atoms with Crippen molar-refractivity contribution in [3.05, 3.63) is 33.7 Å². The van der Waals surface area contributed by atoms with Gasteiger partial charge in [0.05, 0.1) is 0 Å². The molecule has 0 aliphatic heterocycles. The molecule has 0 radical (unpaired) electrons. The average Bonchev–Trinajstić information content (AvgIpc) is 1.80. The molecule has 2 nitrogen and oxygen atoms in total. The Morgan fingerprint density at radius 1 is 1.56 bits per heavy atom. The van der Waals surface area contributed by atoms with Crippen LogP contribution in [0.5, 0.6) is 0 Å². The minimum absolute atomic E-state index is 0.142. The number of rotatable bonds is 0. The van der Waals surface area contributed by atoms with E-state index in [9.17, 15) is 4.79 Å². The highest BCUT2D eigenvalue weighted by Gasteiger charge is 1.91. The smallest absolute Gasteiger partial charge is 0.183 e. The quantitative estimate of drug-likeness (QED) is 0.532. The first-order valence-electron chi connectivity index (χ1n) is 2.24. The molecule has 0 N–H and O–H groups in total. The molecule has 0 unspecified atom stereocenters. The van der Waals surface area contributed by atoms with Gasteiger partial charge in [-0.3, -0.25) is 4.79 Å². The molecule has 9 heavy (non-hydrogen) atoms. The fourth-order valence-corrected chi connectivity index (χ4v) is 0.706. The summed E-state index contributed by atoms with van der Waals surface area (Å²) >= 11 is 10.9. The molecular formula is C5H3Cl2NO. The fraction of sp³-hybridized carbons (Fsp3) is 0. The van der Waals surface area contributed by atoms with Crippen molar-refractivity contribution < 1.29 is 0 Å². The molecule has 1 rings (SSSR count). The van der Waals surface area contributed by atoms with E-state index in [1.54, 1.807) is 0 Å². The maximum atomic E-state index is 10.5. The van der Waals surface area contributed by atoms with Gasteiger partial charge in [-0.15, -0.1) is 0 Å². The van der Waals surface area contributed by atoms with E-state index in [0.29, 0.717) is 0 Å². The molecule has 48 valence electrons. The lowest BCUT2D eigenvalue weighted by molar-refractivity contribution is 1.19. The largest absolute Gasteiger partial charge is 0.290 e. The van der Waals surface area contributed by atoms with Gasteiger partial charge in [-0.05, 0) is 0 Å². The third kappa shape index (κ3) is 1.47. The monoisotopic (exact) mass is 163 g/mol. The van der Waals surface area contributed by atoms with Crippen molar-refractivity contribution in [2.75, 3.05) is 0 Å². The maximum absolute atomic E-state index is 10.5. The minimum Gasteiger partial charge on any atom is -0.290 e. The first-order valence-corrected chi connectivity index (χ1v) is 2.96. The molecule has 4 heteroatoms. The molecule has 0 amide bonds. The second-order valence-corrected chi connectivity index (χ2v) is 2.25. The lowest BCUT2D eigenvalue weighted by Gasteiger charge is -1.93. The summed E-state index contributed by atoms with van der Waals surface area (Å²) in [6, 6.07) is 2.58. The van der Waals surface area contributed by atoms with Gasteiger partial charge in [-0.2, -0.15) is 0 Å². The number of nitrogens with zero attached hydrogens (tertiary/aromatic N) is 1. The molecule has 1 aromatic rings. The number of pyridine rings is 1. The molecule has 0 fully saturated rings. The SMILES string of the molecule is O=c1ccn(Cl)c(Cl)c1. The molecule has 1 heterocycles. The Kier molecular flexibility index (Phi) is 1.78. The van der Waals surface area contributed by atoms with E-state index < -0.39 is 0 Å². The van der Waals surface area contributed by atoms with Gasteiger partial charge in [-0.25, -0.2) is 4.09 Å².